The molecule has 1 aromatic rings. The second-order valence-corrected chi connectivity index (χ2v) is 4.66. The number of amides is 1. The molecule has 1 atom stereocenters. The third-order valence-corrected chi connectivity index (χ3v) is 2.54. The van der Waals surface area contributed by atoms with Crippen LogP contribution in [0.15, 0.2) is 18.3 Å². The number of carbonyl (C=O) groups is 2. The summed E-state index contributed by atoms with van der Waals surface area (Å²) in [5, 5.41) is 11.6. The van der Waals surface area contributed by atoms with Gasteiger partial charge < -0.3 is 10.4 Å². The lowest BCUT2D eigenvalue weighted by molar-refractivity contribution is -0.139. The highest BCUT2D eigenvalue weighted by Gasteiger charge is 2.22. The Kier molecular flexibility index (Phi) is 4.83. The predicted octanol–water partition coefficient (Wildman–Crippen LogP) is 1.62. The number of carboxylic acids is 1. The molecule has 18 heavy (non-hydrogen) atoms. The minimum atomic E-state index is -1.02. The predicted molar refractivity (Wildman–Crippen MR) is 67.3 cm³/mol. The van der Waals surface area contributed by atoms with Crippen molar-refractivity contribution in [3.63, 3.8) is 0 Å². The highest BCUT2D eigenvalue weighted by atomic mass is 16.4. The highest BCUT2D eigenvalue weighted by Crippen LogP contribution is 2.08. The molecule has 5 nitrogen and oxygen atoms in total. The van der Waals surface area contributed by atoms with Crippen molar-refractivity contribution in [1.29, 1.82) is 0 Å². The molecule has 0 aliphatic carbocycles. The molecular weight excluding hydrogens is 232 g/mol. The Morgan fingerprint density at radius 1 is 1.44 bits per heavy atom. The van der Waals surface area contributed by atoms with E-state index in [2.05, 4.69) is 10.3 Å². The van der Waals surface area contributed by atoms with Crippen molar-refractivity contribution in [2.75, 3.05) is 0 Å². The van der Waals surface area contributed by atoms with Crippen molar-refractivity contribution in [3.05, 3.63) is 29.6 Å². The topological polar surface area (TPSA) is 79.3 Å². The highest BCUT2D eigenvalue weighted by molar-refractivity contribution is 5.96. The maximum atomic E-state index is 11.9. The van der Waals surface area contributed by atoms with E-state index in [9.17, 15) is 9.59 Å². The molecule has 2 N–H and O–H groups in total. The Bertz CT molecular complexity index is 444. The van der Waals surface area contributed by atoms with Crippen LogP contribution in [0.5, 0.6) is 0 Å². The summed E-state index contributed by atoms with van der Waals surface area (Å²) in [7, 11) is 0. The standard InChI is InChI=1S/C13H18N2O3/c1-8(2)7-10(13(17)18)15-12(16)11-9(3)5-4-6-14-11/h4-6,8,10H,7H2,1-3H3,(H,15,16)(H,17,18). The van der Waals surface area contributed by atoms with Crippen LogP contribution in [0.4, 0.5) is 0 Å². The molecule has 0 bridgehead atoms. The average molecular weight is 250 g/mol. The normalized spacial score (nSPS) is 12.2. The number of hydrogen-bond acceptors (Lipinski definition) is 3. The molecule has 0 saturated heterocycles. The van der Waals surface area contributed by atoms with Gasteiger partial charge in [-0.25, -0.2) is 4.79 Å². The van der Waals surface area contributed by atoms with E-state index < -0.39 is 17.9 Å². The molecule has 1 unspecified atom stereocenters. The first-order chi connectivity index (χ1) is 8.41. The summed E-state index contributed by atoms with van der Waals surface area (Å²) in [5.74, 6) is -1.27. The number of hydrogen-bond donors (Lipinski definition) is 2. The molecule has 0 aromatic carbocycles. The first kappa shape index (κ1) is 14.2. The zero-order chi connectivity index (χ0) is 13.7. The summed E-state index contributed by atoms with van der Waals surface area (Å²) in [4.78, 5) is 26.9. The van der Waals surface area contributed by atoms with Crippen LogP contribution < -0.4 is 5.32 Å². The lowest BCUT2D eigenvalue weighted by Crippen LogP contribution is -2.42. The Hall–Kier alpha value is -1.91. The summed E-state index contributed by atoms with van der Waals surface area (Å²) in [5.41, 5.74) is 0.996. The Labute approximate surface area is 106 Å². The largest absolute Gasteiger partial charge is 0.480 e. The zero-order valence-electron chi connectivity index (χ0n) is 10.8. The Morgan fingerprint density at radius 3 is 2.61 bits per heavy atom. The van der Waals surface area contributed by atoms with Crippen LogP contribution >= 0.6 is 0 Å². The number of carbonyl (C=O) groups excluding carboxylic acids is 1. The lowest BCUT2D eigenvalue weighted by Gasteiger charge is -2.16. The van der Waals surface area contributed by atoms with E-state index >= 15 is 0 Å². The third-order valence-electron chi connectivity index (χ3n) is 2.54. The van der Waals surface area contributed by atoms with Crippen LogP contribution in [-0.4, -0.2) is 28.0 Å². The summed E-state index contributed by atoms with van der Waals surface area (Å²) in [6.07, 6.45) is 1.91. The van der Waals surface area contributed by atoms with Gasteiger partial charge in [0, 0.05) is 6.20 Å². The minimum absolute atomic E-state index is 0.191. The number of aromatic nitrogens is 1. The van der Waals surface area contributed by atoms with E-state index in [-0.39, 0.29) is 11.6 Å². The first-order valence-corrected chi connectivity index (χ1v) is 5.87. The maximum Gasteiger partial charge on any atom is 0.326 e. The molecule has 0 saturated carbocycles. The molecule has 0 radical (unpaired) electrons. The van der Waals surface area contributed by atoms with Gasteiger partial charge in [0.25, 0.3) is 5.91 Å². The van der Waals surface area contributed by atoms with Crippen molar-refractivity contribution in [2.24, 2.45) is 5.92 Å². The van der Waals surface area contributed by atoms with Crippen molar-refractivity contribution < 1.29 is 14.7 Å². The van der Waals surface area contributed by atoms with Gasteiger partial charge in [-0.3, -0.25) is 9.78 Å². The number of nitrogens with one attached hydrogen (secondary N) is 1. The van der Waals surface area contributed by atoms with Gasteiger partial charge >= 0.3 is 5.97 Å². The number of pyridine rings is 1. The summed E-state index contributed by atoms with van der Waals surface area (Å²) in [6, 6.07) is 2.62. The van der Waals surface area contributed by atoms with Gasteiger partial charge in [-0.1, -0.05) is 19.9 Å². The van der Waals surface area contributed by atoms with Gasteiger partial charge in [0.05, 0.1) is 0 Å². The fourth-order valence-electron chi connectivity index (χ4n) is 1.64. The Morgan fingerprint density at radius 2 is 2.11 bits per heavy atom. The molecule has 1 heterocycles. The lowest BCUT2D eigenvalue weighted by atomic mass is 10.0. The van der Waals surface area contributed by atoms with Crippen LogP contribution in [0, 0.1) is 12.8 Å². The third kappa shape index (κ3) is 3.84. The van der Waals surface area contributed by atoms with Crippen molar-refractivity contribution in [1.82, 2.24) is 10.3 Å². The fourth-order valence-corrected chi connectivity index (χ4v) is 1.64. The quantitative estimate of drug-likeness (QED) is 0.832. The number of nitrogens with zero attached hydrogens (tertiary/aromatic N) is 1. The van der Waals surface area contributed by atoms with E-state index in [0.717, 1.165) is 5.56 Å². The summed E-state index contributed by atoms with van der Waals surface area (Å²) < 4.78 is 0. The molecule has 0 aliphatic rings. The van der Waals surface area contributed by atoms with Crippen molar-refractivity contribution >= 4 is 11.9 Å². The molecule has 0 aliphatic heterocycles. The number of carboxylic acid groups (broad SMARTS) is 1. The van der Waals surface area contributed by atoms with Crippen LogP contribution in [-0.2, 0) is 4.79 Å². The number of aliphatic carboxylic acids is 1. The Balaban J connectivity index is 2.79. The minimum Gasteiger partial charge on any atom is -0.480 e. The fraction of sp³-hybridized carbons (Fsp3) is 0.462. The zero-order valence-corrected chi connectivity index (χ0v) is 10.8. The van der Waals surface area contributed by atoms with Gasteiger partial charge in [0.1, 0.15) is 11.7 Å². The SMILES string of the molecule is Cc1cccnc1C(=O)NC(CC(C)C)C(=O)O. The van der Waals surface area contributed by atoms with E-state index in [0.29, 0.717) is 6.42 Å². The molecule has 1 amide bonds. The average Bonchev–Trinajstić information content (AvgIpc) is 2.27. The molecule has 1 aromatic heterocycles. The van der Waals surface area contributed by atoms with E-state index in [1.165, 1.54) is 6.20 Å². The van der Waals surface area contributed by atoms with Crippen LogP contribution in [0.3, 0.4) is 0 Å². The summed E-state index contributed by atoms with van der Waals surface area (Å²) >= 11 is 0. The summed E-state index contributed by atoms with van der Waals surface area (Å²) in [6.45, 7) is 5.59. The maximum absolute atomic E-state index is 11.9. The number of rotatable bonds is 5. The van der Waals surface area contributed by atoms with Gasteiger partial charge in [-0.05, 0) is 30.9 Å². The first-order valence-electron chi connectivity index (χ1n) is 5.87. The van der Waals surface area contributed by atoms with Gasteiger partial charge in [-0.2, -0.15) is 0 Å². The second kappa shape index (κ2) is 6.14. The van der Waals surface area contributed by atoms with E-state index in [1.807, 2.05) is 13.8 Å². The number of aryl methyl sites for hydroxylation is 1. The second-order valence-electron chi connectivity index (χ2n) is 4.66. The van der Waals surface area contributed by atoms with Crippen LogP contribution in [0.25, 0.3) is 0 Å². The van der Waals surface area contributed by atoms with Crippen molar-refractivity contribution in [3.8, 4) is 0 Å². The molecule has 0 fully saturated rings. The molecule has 1 rings (SSSR count). The van der Waals surface area contributed by atoms with Crippen LogP contribution in [0.2, 0.25) is 0 Å². The molecular formula is C13H18N2O3. The van der Waals surface area contributed by atoms with E-state index in [4.69, 9.17) is 5.11 Å². The van der Waals surface area contributed by atoms with Crippen molar-refractivity contribution in [2.45, 2.75) is 33.2 Å². The van der Waals surface area contributed by atoms with Gasteiger partial charge in [0.15, 0.2) is 0 Å². The van der Waals surface area contributed by atoms with Gasteiger partial charge in [0.2, 0.25) is 0 Å². The monoisotopic (exact) mass is 250 g/mol. The van der Waals surface area contributed by atoms with Crippen LogP contribution in [0.1, 0.15) is 36.3 Å². The molecule has 98 valence electrons. The molecule has 5 heteroatoms. The van der Waals surface area contributed by atoms with Gasteiger partial charge in [-0.15, -0.1) is 0 Å². The smallest absolute Gasteiger partial charge is 0.326 e. The van der Waals surface area contributed by atoms with E-state index in [1.54, 1.807) is 19.1 Å². The molecule has 0 spiro atoms.